The number of fused-ring (bicyclic) bond motifs is 1. The minimum atomic E-state index is -0.251. The van der Waals surface area contributed by atoms with Crippen molar-refractivity contribution in [3.63, 3.8) is 0 Å². The fraction of sp³-hybridized carbons (Fsp3) is 0.333. The molecule has 4 nitrogen and oxygen atoms in total. The summed E-state index contributed by atoms with van der Waals surface area (Å²) in [6, 6.07) is 15.7. The Hall–Kier alpha value is -2.62. The average molecular weight is 336 g/mol. The van der Waals surface area contributed by atoms with Gasteiger partial charge in [0.25, 0.3) is 0 Å². The molecule has 0 spiro atoms. The van der Waals surface area contributed by atoms with Gasteiger partial charge >= 0.3 is 0 Å². The summed E-state index contributed by atoms with van der Waals surface area (Å²) >= 11 is 0. The predicted octanol–water partition coefficient (Wildman–Crippen LogP) is 4.06. The number of carbonyl (C=O) groups is 2. The number of unbranched alkanes of at least 4 members (excludes halogenated alkanes) is 1. The van der Waals surface area contributed by atoms with Crippen molar-refractivity contribution in [2.45, 2.75) is 39.2 Å². The summed E-state index contributed by atoms with van der Waals surface area (Å²) in [5, 5.41) is 2.96. The molecule has 3 rings (SSSR count). The molecule has 4 heteroatoms. The van der Waals surface area contributed by atoms with Crippen molar-refractivity contribution in [1.29, 1.82) is 0 Å². The maximum absolute atomic E-state index is 12.9. The molecule has 1 heterocycles. The lowest BCUT2D eigenvalue weighted by Gasteiger charge is -2.31. The van der Waals surface area contributed by atoms with E-state index in [0.717, 1.165) is 35.2 Å². The van der Waals surface area contributed by atoms with Crippen molar-refractivity contribution < 1.29 is 9.59 Å². The molecule has 0 saturated carbocycles. The van der Waals surface area contributed by atoms with Gasteiger partial charge in [-0.1, -0.05) is 61.4 Å². The summed E-state index contributed by atoms with van der Waals surface area (Å²) in [7, 11) is 0. The quantitative estimate of drug-likeness (QED) is 0.915. The Bertz CT molecular complexity index is 771. The van der Waals surface area contributed by atoms with Crippen LogP contribution in [0.15, 0.2) is 48.5 Å². The van der Waals surface area contributed by atoms with E-state index in [-0.39, 0.29) is 24.4 Å². The van der Waals surface area contributed by atoms with Crippen LogP contribution < -0.4 is 5.32 Å². The third kappa shape index (κ3) is 3.73. The first-order valence-electron chi connectivity index (χ1n) is 8.85. The molecule has 130 valence electrons. The van der Waals surface area contributed by atoms with E-state index in [9.17, 15) is 9.59 Å². The predicted molar refractivity (Wildman–Crippen MR) is 99.3 cm³/mol. The van der Waals surface area contributed by atoms with Gasteiger partial charge in [-0.15, -0.1) is 0 Å². The number of hydrogen-bond acceptors (Lipinski definition) is 2. The largest absolute Gasteiger partial charge is 0.324 e. The molecule has 0 fully saturated rings. The Balaban J connectivity index is 2.12. The van der Waals surface area contributed by atoms with E-state index >= 15 is 0 Å². The van der Waals surface area contributed by atoms with Gasteiger partial charge in [0.2, 0.25) is 11.8 Å². The minimum Gasteiger partial charge on any atom is -0.324 e. The van der Waals surface area contributed by atoms with Crippen LogP contribution in [0.4, 0.5) is 5.69 Å². The molecule has 25 heavy (non-hydrogen) atoms. The van der Waals surface area contributed by atoms with Crippen molar-refractivity contribution in [3.05, 3.63) is 65.2 Å². The van der Waals surface area contributed by atoms with Crippen LogP contribution in [-0.2, 0) is 9.59 Å². The topological polar surface area (TPSA) is 49.4 Å². The van der Waals surface area contributed by atoms with E-state index in [1.54, 1.807) is 4.90 Å². The summed E-state index contributed by atoms with van der Waals surface area (Å²) in [5.41, 5.74) is 3.89. The Labute approximate surface area is 148 Å². The third-order valence-corrected chi connectivity index (χ3v) is 4.58. The van der Waals surface area contributed by atoms with Crippen LogP contribution in [0.5, 0.6) is 0 Å². The van der Waals surface area contributed by atoms with E-state index in [1.165, 1.54) is 0 Å². The zero-order valence-electron chi connectivity index (χ0n) is 14.8. The van der Waals surface area contributed by atoms with E-state index in [1.807, 2.05) is 49.4 Å². The number of anilines is 1. The van der Waals surface area contributed by atoms with Crippen LogP contribution in [0, 0.1) is 6.92 Å². The van der Waals surface area contributed by atoms with E-state index in [2.05, 4.69) is 18.3 Å². The van der Waals surface area contributed by atoms with Gasteiger partial charge in [-0.3, -0.25) is 9.59 Å². The molecule has 0 bridgehead atoms. The summed E-state index contributed by atoms with van der Waals surface area (Å²) in [6.07, 6.45) is 2.25. The van der Waals surface area contributed by atoms with Crippen LogP contribution in [0.1, 0.15) is 48.9 Å². The van der Waals surface area contributed by atoms with Crippen LogP contribution >= 0.6 is 0 Å². The highest BCUT2D eigenvalue weighted by Gasteiger charge is 2.32. The summed E-state index contributed by atoms with van der Waals surface area (Å²) in [5.74, 6) is -0.117. The summed E-state index contributed by atoms with van der Waals surface area (Å²) < 4.78 is 0. The lowest BCUT2D eigenvalue weighted by molar-refractivity contribution is -0.136. The minimum absolute atomic E-state index is 0.0280. The van der Waals surface area contributed by atoms with Crippen molar-refractivity contribution >= 4 is 17.5 Å². The molecular formula is C21H24N2O2. The van der Waals surface area contributed by atoms with Crippen LogP contribution in [0.3, 0.4) is 0 Å². The van der Waals surface area contributed by atoms with Crippen molar-refractivity contribution in [1.82, 2.24) is 4.90 Å². The van der Waals surface area contributed by atoms with Crippen molar-refractivity contribution in [2.24, 2.45) is 0 Å². The number of hydrogen-bond donors (Lipinski definition) is 1. The van der Waals surface area contributed by atoms with Crippen LogP contribution in [-0.4, -0.2) is 23.3 Å². The SMILES string of the molecule is CCCCC(=O)N1CC(=O)Nc2ccc(C)cc2C1c1ccccc1. The number of rotatable bonds is 4. The van der Waals surface area contributed by atoms with Gasteiger partial charge < -0.3 is 10.2 Å². The van der Waals surface area contributed by atoms with Crippen LogP contribution in [0.2, 0.25) is 0 Å². The number of nitrogens with zero attached hydrogens (tertiary/aromatic N) is 1. The standard InChI is InChI=1S/C21H24N2O2/c1-3-4-10-20(25)23-14-19(24)22-18-12-11-15(2)13-17(18)21(23)16-8-6-5-7-9-16/h5-9,11-13,21H,3-4,10,14H2,1-2H3,(H,22,24). The van der Waals surface area contributed by atoms with Gasteiger partial charge in [0, 0.05) is 17.7 Å². The van der Waals surface area contributed by atoms with Crippen molar-refractivity contribution in [2.75, 3.05) is 11.9 Å². The highest BCUT2D eigenvalue weighted by atomic mass is 16.2. The second-order valence-electron chi connectivity index (χ2n) is 6.58. The third-order valence-electron chi connectivity index (χ3n) is 4.58. The molecule has 0 aromatic heterocycles. The smallest absolute Gasteiger partial charge is 0.244 e. The Morgan fingerprint density at radius 3 is 2.68 bits per heavy atom. The van der Waals surface area contributed by atoms with E-state index < -0.39 is 0 Å². The molecule has 1 aliphatic heterocycles. The Morgan fingerprint density at radius 1 is 1.20 bits per heavy atom. The normalized spacial score (nSPS) is 16.8. The van der Waals surface area contributed by atoms with Crippen molar-refractivity contribution in [3.8, 4) is 0 Å². The van der Waals surface area contributed by atoms with E-state index in [0.29, 0.717) is 6.42 Å². The molecule has 1 unspecified atom stereocenters. The van der Waals surface area contributed by atoms with Gasteiger partial charge in [0.15, 0.2) is 0 Å². The fourth-order valence-corrected chi connectivity index (χ4v) is 3.32. The van der Waals surface area contributed by atoms with Gasteiger partial charge in [0.05, 0.1) is 6.04 Å². The van der Waals surface area contributed by atoms with Gasteiger partial charge in [-0.05, 0) is 25.0 Å². The second-order valence-corrected chi connectivity index (χ2v) is 6.58. The number of nitrogens with one attached hydrogen (secondary N) is 1. The molecule has 1 N–H and O–H groups in total. The molecule has 0 radical (unpaired) electrons. The maximum Gasteiger partial charge on any atom is 0.244 e. The number of amides is 2. The monoisotopic (exact) mass is 336 g/mol. The highest BCUT2D eigenvalue weighted by molar-refractivity contribution is 5.97. The lowest BCUT2D eigenvalue weighted by Crippen LogP contribution is -2.38. The molecule has 1 atom stereocenters. The zero-order chi connectivity index (χ0) is 17.8. The van der Waals surface area contributed by atoms with Gasteiger partial charge in [-0.25, -0.2) is 0 Å². The zero-order valence-corrected chi connectivity index (χ0v) is 14.8. The number of aryl methyl sites for hydroxylation is 1. The molecule has 2 aromatic carbocycles. The number of benzene rings is 2. The molecule has 2 aromatic rings. The first-order valence-corrected chi connectivity index (χ1v) is 8.85. The lowest BCUT2D eigenvalue weighted by atomic mass is 9.94. The first kappa shape index (κ1) is 17.2. The molecular weight excluding hydrogens is 312 g/mol. The maximum atomic E-state index is 12.9. The van der Waals surface area contributed by atoms with E-state index in [4.69, 9.17) is 0 Å². The molecule has 2 amide bonds. The Morgan fingerprint density at radius 2 is 1.96 bits per heavy atom. The molecule has 1 aliphatic rings. The number of carbonyl (C=O) groups excluding carboxylic acids is 2. The summed E-state index contributed by atoms with van der Waals surface area (Å²) in [4.78, 5) is 27.0. The highest BCUT2D eigenvalue weighted by Crippen LogP contribution is 2.36. The fourth-order valence-electron chi connectivity index (χ4n) is 3.32. The first-order chi connectivity index (χ1) is 12.1. The average Bonchev–Trinajstić information content (AvgIpc) is 2.76. The van der Waals surface area contributed by atoms with Gasteiger partial charge in [0.1, 0.15) is 6.54 Å². The van der Waals surface area contributed by atoms with Crippen LogP contribution in [0.25, 0.3) is 0 Å². The second kappa shape index (κ2) is 7.51. The molecule has 0 saturated heterocycles. The molecule has 0 aliphatic carbocycles. The Kier molecular flexibility index (Phi) is 5.17. The summed E-state index contributed by atoms with van der Waals surface area (Å²) in [6.45, 7) is 4.17. The van der Waals surface area contributed by atoms with Gasteiger partial charge in [-0.2, -0.15) is 0 Å².